The third-order valence-corrected chi connectivity index (χ3v) is 6.71. The summed E-state index contributed by atoms with van der Waals surface area (Å²) in [6.07, 6.45) is 6.72. The molecule has 1 unspecified atom stereocenters. The second-order valence-corrected chi connectivity index (χ2v) is 8.99. The van der Waals surface area contributed by atoms with Crippen LogP contribution in [0.4, 0.5) is 0 Å². The van der Waals surface area contributed by atoms with Gasteiger partial charge in [0.15, 0.2) is 0 Å². The second kappa shape index (κ2) is 9.09. The van der Waals surface area contributed by atoms with Gasteiger partial charge >= 0.3 is 0 Å². The summed E-state index contributed by atoms with van der Waals surface area (Å²) in [5.41, 5.74) is 1.21. The molecule has 2 aromatic rings. The maximum Gasteiger partial charge on any atom is 0.263 e. The Bertz CT molecular complexity index is 834. The van der Waals surface area contributed by atoms with E-state index in [0.717, 1.165) is 63.4 Å². The molecule has 0 aliphatic carbocycles. The minimum absolute atomic E-state index is 0.0658. The zero-order valence-electron chi connectivity index (χ0n) is 17.0. The van der Waals surface area contributed by atoms with Gasteiger partial charge in [-0.05, 0) is 30.7 Å². The minimum Gasteiger partial charge on any atom is -0.341 e. The predicted molar refractivity (Wildman–Crippen MR) is 113 cm³/mol. The third-order valence-electron chi connectivity index (χ3n) is 5.85. The highest BCUT2D eigenvalue weighted by molar-refractivity contribution is 7.12. The molecule has 0 aromatic carbocycles. The van der Waals surface area contributed by atoms with E-state index in [1.807, 2.05) is 45.2 Å². The van der Waals surface area contributed by atoms with E-state index in [4.69, 9.17) is 0 Å². The van der Waals surface area contributed by atoms with Crippen molar-refractivity contribution in [3.05, 3.63) is 40.3 Å². The molecule has 2 aliphatic rings. The Kier molecular flexibility index (Phi) is 6.30. The van der Waals surface area contributed by atoms with Crippen LogP contribution in [-0.2, 0) is 18.4 Å². The van der Waals surface area contributed by atoms with Gasteiger partial charge in [0.05, 0.1) is 17.0 Å². The molecule has 0 radical (unpaired) electrons. The van der Waals surface area contributed by atoms with Gasteiger partial charge in [-0.2, -0.15) is 5.10 Å². The van der Waals surface area contributed by atoms with E-state index in [0.29, 0.717) is 6.54 Å². The zero-order chi connectivity index (χ0) is 20.2. The van der Waals surface area contributed by atoms with Crippen LogP contribution in [0.3, 0.4) is 0 Å². The van der Waals surface area contributed by atoms with Crippen LogP contribution in [0.15, 0.2) is 29.9 Å². The second-order valence-electron chi connectivity index (χ2n) is 8.04. The Labute approximate surface area is 175 Å². The van der Waals surface area contributed by atoms with Crippen molar-refractivity contribution in [1.29, 1.82) is 0 Å². The Balaban J connectivity index is 1.32. The molecule has 2 saturated heterocycles. The molecular formula is C21H29N5O2S. The monoisotopic (exact) mass is 415 g/mol. The van der Waals surface area contributed by atoms with Crippen LogP contribution in [0.2, 0.25) is 0 Å². The Morgan fingerprint density at radius 1 is 1.14 bits per heavy atom. The number of piperidine rings is 1. The molecule has 0 spiro atoms. The number of nitrogens with zero attached hydrogens (tertiary/aromatic N) is 5. The topological polar surface area (TPSA) is 61.7 Å². The summed E-state index contributed by atoms with van der Waals surface area (Å²) in [4.78, 5) is 32.9. The van der Waals surface area contributed by atoms with Gasteiger partial charge in [0.1, 0.15) is 0 Å². The minimum atomic E-state index is -0.0717. The number of thiophene rings is 1. The van der Waals surface area contributed by atoms with Crippen LogP contribution >= 0.6 is 11.3 Å². The highest BCUT2D eigenvalue weighted by Crippen LogP contribution is 2.23. The average Bonchev–Trinajstić information content (AvgIpc) is 3.35. The molecular weight excluding hydrogens is 386 g/mol. The molecule has 4 heterocycles. The quantitative estimate of drug-likeness (QED) is 0.767. The molecule has 7 nitrogen and oxygen atoms in total. The SMILES string of the molecule is Cn1cc(CN2CCCN(C(=O)C3CCCN(C(=O)c4cccs4)C3)CC2)cn1. The maximum absolute atomic E-state index is 13.2. The average molecular weight is 416 g/mol. The van der Waals surface area contributed by atoms with Crippen LogP contribution in [0.1, 0.15) is 34.5 Å². The summed E-state index contributed by atoms with van der Waals surface area (Å²) in [5.74, 6) is 0.213. The number of likely N-dealkylation sites (tertiary alicyclic amines) is 1. The summed E-state index contributed by atoms with van der Waals surface area (Å²) in [6.45, 7) is 5.61. The smallest absolute Gasteiger partial charge is 0.263 e. The first-order valence-electron chi connectivity index (χ1n) is 10.4. The summed E-state index contributed by atoms with van der Waals surface area (Å²) in [7, 11) is 1.93. The first-order valence-corrected chi connectivity index (χ1v) is 11.3. The van der Waals surface area contributed by atoms with Gasteiger partial charge in [0, 0.05) is 64.6 Å². The van der Waals surface area contributed by atoms with E-state index in [1.165, 1.54) is 16.9 Å². The summed E-state index contributed by atoms with van der Waals surface area (Å²) >= 11 is 1.47. The fraction of sp³-hybridized carbons (Fsp3) is 0.571. The van der Waals surface area contributed by atoms with Crippen molar-refractivity contribution in [3.63, 3.8) is 0 Å². The summed E-state index contributed by atoms with van der Waals surface area (Å²) in [6, 6.07) is 3.77. The normalized spacial score (nSPS) is 21.2. The molecule has 29 heavy (non-hydrogen) atoms. The molecule has 0 N–H and O–H groups in total. The molecule has 2 aliphatic heterocycles. The number of carbonyl (C=O) groups is 2. The largest absolute Gasteiger partial charge is 0.341 e. The number of hydrogen-bond donors (Lipinski definition) is 0. The molecule has 2 amide bonds. The van der Waals surface area contributed by atoms with Crippen molar-refractivity contribution in [2.24, 2.45) is 13.0 Å². The Morgan fingerprint density at radius 3 is 2.76 bits per heavy atom. The molecule has 156 valence electrons. The number of amides is 2. The zero-order valence-corrected chi connectivity index (χ0v) is 17.8. The molecule has 2 aromatic heterocycles. The van der Waals surface area contributed by atoms with E-state index in [2.05, 4.69) is 16.2 Å². The van der Waals surface area contributed by atoms with Crippen molar-refractivity contribution in [2.45, 2.75) is 25.8 Å². The number of carbonyl (C=O) groups excluding carboxylic acids is 2. The maximum atomic E-state index is 13.2. The van der Waals surface area contributed by atoms with Gasteiger partial charge in [-0.3, -0.25) is 19.2 Å². The lowest BCUT2D eigenvalue weighted by molar-refractivity contribution is -0.136. The van der Waals surface area contributed by atoms with Crippen molar-refractivity contribution < 1.29 is 9.59 Å². The van der Waals surface area contributed by atoms with Gasteiger partial charge in [-0.1, -0.05) is 6.07 Å². The highest BCUT2D eigenvalue weighted by atomic mass is 32.1. The number of aromatic nitrogens is 2. The fourth-order valence-corrected chi connectivity index (χ4v) is 5.03. The first kappa shape index (κ1) is 20.1. The molecule has 0 bridgehead atoms. The van der Waals surface area contributed by atoms with Gasteiger partial charge in [0.2, 0.25) is 5.91 Å². The van der Waals surface area contributed by atoms with E-state index in [9.17, 15) is 9.59 Å². The van der Waals surface area contributed by atoms with Gasteiger partial charge in [-0.15, -0.1) is 11.3 Å². The van der Waals surface area contributed by atoms with Crippen LogP contribution in [0, 0.1) is 5.92 Å². The van der Waals surface area contributed by atoms with Crippen molar-refractivity contribution in [2.75, 3.05) is 39.3 Å². The number of hydrogen-bond acceptors (Lipinski definition) is 5. The van der Waals surface area contributed by atoms with Crippen LogP contribution in [0.25, 0.3) is 0 Å². The number of rotatable bonds is 4. The lowest BCUT2D eigenvalue weighted by Crippen LogP contribution is -2.47. The van der Waals surface area contributed by atoms with E-state index in [-0.39, 0.29) is 17.7 Å². The molecule has 8 heteroatoms. The van der Waals surface area contributed by atoms with Crippen LogP contribution in [-0.4, -0.2) is 75.6 Å². The van der Waals surface area contributed by atoms with Crippen LogP contribution < -0.4 is 0 Å². The van der Waals surface area contributed by atoms with Gasteiger partial charge in [-0.25, -0.2) is 0 Å². The Morgan fingerprint density at radius 2 is 2.00 bits per heavy atom. The standard InChI is InChI=1S/C21H29N5O2S/c1-23-14-17(13-22-23)15-24-7-4-9-25(11-10-24)20(27)18-5-2-8-26(16-18)21(28)19-6-3-12-29-19/h3,6,12-14,18H,2,4-5,7-11,15-16H2,1H3. The van der Waals surface area contributed by atoms with E-state index < -0.39 is 0 Å². The molecule has 4 rings (SSSR count). The predicted octanol–water partition coefficient (Wildman–Crippen LogP) is 2.07. The number of aryl methyl sites for hydroxylation is 1. The van der Waals surface area contributed by atoms with Gasteiger partial charge in [0.25, 0.3) is 5.91 Å². The third kappa shape index (κ3) is 4.87. The van der Waals surface area contributed by atoms with Crippen LogP contribution in [0.5, 0.6) is 0 Å². The molecule has 1 atom stereocenters. The Hall–Kier alpha value is -2.19. The summed E-state index contributed by atoms with van der Waals surface area (Å²) in [5, 5.41) is 6.17. The van der Waals surface area contributed by atoms with E-state index in [1.54, 1.807) is 0 Å². The van der Waals surface area contributed by atoms with Crippen molar-refractivity contribution in [3.8, 4) is 0 Å². The highest BCUT2D eigenvalue weighted by Gasteiger charge is 2.32. The lowest BCUT2D eigenvalue weighted by atomic mass is 9.96. The summed E-state index contributed by atoms with van der Waals surface area (Å²) < 4.78 is 1.83. The molecule has 2 fully saturated rings. The lowest BCUT2D eigenvalue weighted by Gasteiger charge is -2.34. The van der Waals surface area contributed by atoms with Crippen molar-refractivity contribution in [1.82, 2.24) is 24.5 Å². The molecule has 0 saturated carbocycles. The fourth-order valence-electron chi connectivity index (χ4n) is 4.34. The van der Waals surface area contributed by atoms with Crippen molar-refractivity contribution >= 4 is 23.2 Å². The first-order chi connectivity index (χ1) is 14.1. The van der Waals surface area contributed by atoms with Gasteiger partial charge < -0.3 is 9.80 Å². The van der Waals surface area contributed by atoms with E-state index >= 15 is 0 Å².